The fourth-order valence-corrected chi connectivity index (χ4v) is 3.81. The Hall–Kier alpha value is -3.32. The average Bonchev–Trinajstić information content (AvgIpc) is 2.78. The molecule has 1 aliphatic rings. The Bertz CT molecular complexity index is 1070. The van der Waals surface area contributed by atoms with Crippen molar-refractivity contribution < 1.29 is 19.1 Å². The first kappa shape index (κ1) is 23.3. The Morgan fingerprint density at radius 3 is 2.62 bits per heavy atom. The molecule has 2 aromatic carbocycles. The number of halogens is 1. The van der Waals surface area contributed by atoms with Gasteiger partial charge in [0.15, 0.2) is 0 Å². The lowest BCUT2D eigenvalue weighted by Crippen LogP contribution is -2.48. The van der Waals surface area contributed by atoms with Crippen molar-refractivity contribution in [3.8, 4) is 0 Å². The number of carbonyl (C=O) groups excluding carboxylic acids is 3. The quantitative estimate of drug-likeness (QED) is 0.581. The van der Waals surface area contributed by atoms with Gasteiger partial charge in [0.05, 0.1) is 18.7 Å². The molecule has 1 heterocycles. The maximum absolute atomic E-state index is 12.8. The summed E-state index contributed by atoms with van der Waals surface area (Å²) in [5, 5.41) is 6.20. The van der Waals surface area contributed by atoms with Crippen molar-refractivity contribution in [3.05, 3.63) is 76.0 Å². The van der Waals surface area contributed by atoms with Gasteiger partial charge in [0.25, 0.3) is 5.91 Å². The van der Waals surface area contributed by atoms with Crippen molar-refractivity contribution in [1.82, 2.24) is 10.2 Å². The number of methoxy groups -OCH3 is 1. The van der Waals surface area contributed by atoms with Gasteiger partial charge in [-0.15, -0.1) is 0 Å². The summed E-state index contributed by atoms with van der Waals surface area (Å²) >= 11 is 5.98. The maximum Gasteiger partial charge on any atom is 0.337 e. The standard InChI is InChI=1S/C24H26ClN3O4/c1-4-5-12-28-15(2)20(23(30)32-3)21(27-24(28)31)16-8-7-11-19(14-16)26-22(29)17-9-6-10-18(25)13-17/h6-11,13-14,21H,4-5,12H2,1-3H3,(H,26,29)(H,27,31). The summed E-state index contributed by atoms with van der Waals surface area (Å²) in [7, 11) is 1.31. The zero-order valence-corrected chi connectivity index (χ0v) is 19.0. The summed E-state index contributed by atoms with van der Waals surface area (Å²) in [5.41, 5.74) is 2.52. The molecule has 8 heteroatoms. The Morgan fingerprint density at radius 1 is 1.19 bits per heavy atom. The monoisotopic (exact) mass is 455 g/mol. The normalized spacial score (nSPS) is 15.9. The molecule has 0 spiro atoms. The number of nitrogens with zero attached hydrogens (tertiary/aromatic N) is 1. The lowest BCUT2D eigenvalue weighted by atomic mass is 9.94. The second kappa shape index (κ2) is 10.3. The third-order valence-corrected chi connectivity index (χ3v) is 5.54. The Morgan fingerprint density at radius 2 is 1.94 bits per heavy atom. The lowest BCUT2D eigenvalue weighted by Gasteiger charge is -2.35. The molecule has 2 N–H and O–H groups in total. The molecule has 168 valence electrons. The average molecular weight is 456 g/mol. The van der Waals surface area contributed by atoms with Crippen LogP contribution in [0.1, 0.15) is 48.7 Å². The van der Waals surface area contributed by atoms with Crippen LogP contribution in [0.15, 0.2) is 59.8 Å². The number of hydrogen-bond acceptors (Lipinski definition) is 4. The summed E-state index contributed by atoms with van der Waals surface area (Å²) < 4.78 is 5.01. The van der Waals surface area contributed by atoms with E-state index in [1.54, 1.807) is 60.4 Å². The number of rotatable bonds is 7. The van der Waals surface area contributed by atoms with Crippen LogP contribution in [0.2, 0.25) is 5.02 Å². The highest BCUT2D eigenvalue weighted by molar-refractivity contribution is 6.31. The molecule has 0 radical (unpaired) electrons. The molecule has 32 heavy (non-hydrogen) atoms. The zero-order valence-electron chi connectivity index (χ0n) is 18.3. The van der Waals surface area contributed by atoms with Crippen molar-refractivity contribution in [3.63, 3.8) is 0 Å². The Balaban J connectivity index is 1.92. The molecule has 0 saturated heterocycles. The fourth-order valence-electron chi connectivity index (χ4n) is 3.62. The molecule has 0 aromatic heterocycles. The second-order valence-corrected chi connectivity index (χ2v) is 7.90. The Kier molecular flexibility index (Phi) is 7.53. The van der Waals surface area contributed by atoms with Crippen LogP contribution in [0.3, 0.4) is 0 Å². The highest BCUT2D eigenvalue weighted by atomic mass is 35.5. The predicted octanol–water partition coefficient (Wildman–Crippen LogP) is 4.91. The first-order valence-electron chi connectivity index (χ1n) is 10.4. The van der Waals surface area contributed by atoms with Crippen molar-refractivity contribution in [2.45, 2.75) is 32.7 Å². The van der Waals surface area contributed by atoms with E-state index in [-0.39, 0.29) is 11.9 Å². The summed E-state index contributed by atoms with van der Waals surface area (Å²) in [6, 6.07) is 12.7. The van der Waals surface area contributed by atoms with Gasteiger partial charge in [-0.3, -0.25) is 9.69 Å². The van der Waals surface area contributed by atoms with E-state index in [1.807, 2.05) is 6.92 Å². The van der Waals surface area contributed by atoms with E-state index < -0.39 is 12.0 Å². The van der Waals surface area contributed by atoms with E-state index in [1.165, 1.54) is 7.11 Å². The van der Waals surface area contributed by atoms with Gasteiger partial charge in [-0.1, -0.05) is 43.1 Å². The number of urea groups is 1. The molecular formula is C24H26ClN3O4. The maximum atomic E-state index is 12.8. The molecule has 3 rings (SSSR count). The van der Waals surface area contributed by atoms with Gasteiger partial charge in [-0.05, 0) is 49.2 Å². The predicted molar refractivity (Wildman–Crippen MR) is 123 cm³/mol. The summed E-state index contributed by atoms with van der Waals surface area (Å²) in [4.78, 5) is 39.6. The molecule has 1 aliphatic heterocycles. The van der Waals surface area contributed by atoms with Crippen molar-refractivity contribution in [2.75, 3.05) is 19.0 Å². The van der Waals surface area contributed by atoms with Gasteiger partial charge >= 0.3 is 12.0 Å². The van der Waals surface area contributed by atoms with Gasteiger partial charge in [0.2, 0.25) is 0 Å². The smallest absolute Gasteiger partial charge is 0.337 e. The van der Waals surface area contributed by atoms with Crippen LogP contribution in [0.25, 0.3) is 0 Å². The summed E-state index contributed by atoms with van der Waals surface area (Å²) in [5.74, 6) is -0.828. The number of hydrogen-bond donors (Lipinski definition) is 2. The summed E-state index contributed by atoms with van der Waals surface area (Å²) in [6.45, 7) is 4.30. The van der Waals surface area contributed by atoms with Gasteiger partial charge in [-0.2, -0.15) is 0 Å². The third kappa shape index (κ3) is 5.11. The first-order chi connectivity index (χ1) is 15.3. The van der Waals surface area contributed by atoms with E-state index in [0.717, 1.165) is 12.8 Å². The molecule has 0 aliphatic carbocycles. The van der Waals surface area contributed by atoms with Crippen molar-refractivity contribution >= 4 is 35.2 Å². The number of amides is 3. The minimum atomic E-state index is -0.698. The van der Waals surface area contributed by atoms with Gasteiger partial charge in [0, 0.05) is 28.5 Å². The van der Waals surface area contributed by atoms with E-state index in [9.17, 15) is 14.4 Å². The minimum Gasteiger partial charge on any atom is -0.466 e. The topological polar surface area (TPSA) is 87.7 Å². The van der Waals surface area contributed by atoms with Crippen molar-refractivity contribution in [1.29, 1.82) is 0 Å². The zero-order chi connectivity index (χ0) is 23.3. The van der Waals surface area contributed by atoms with Gasteiger partial charge in [0.1, 0.15) is 0 Å². The van der Waals surface area contributed by atoms with Crippen LogP contribution in [-0.2, 0) is 9.53 Å². The molecule has 7 nitrogen and oxygen atoms in total. The Labute approximate surface area is 192 Å². The van der Waals surface area contributed by atoms with Crippen LogP contribution >= 0.6 is 11.6 Å². The molecule has 0 bridgehead atoms. The first-order valence-corrected chi connectivity index (χ1v) is 10.8. The number of unbranched alkanes of at least 4 members (excludes halogenated alkanes) is 1. The van der Waals surface area contributed by atoms with E-state index >= 15 is 0 Å². The molecule has 0 saturated carbocycles. The van der Waals surface area contributed by atoms with Crippen molar-refractivity contribution in [2.24, 2.45) is 0 Å². The minimum absolute atomic E-state index is 0.276. The molecule has 3 amide bonds. The van der Waals surface area contributed by atoms with Crippen LogP contribution in [0, 0.1) is 0 Å². The highest BCUT2D eigenvalue weighted by Crippen LogP contribution is 2.32. The van der Waals surface area contributed by atoms with Crippen LogP contribution in [0.5, 0.6) is 0 Å². The molecule has 0 fully saturated rings. The van der Waals surface area contributed by atoms with Gasteiger partial charge < -0.3 is 15.4 Å². The molecule has 1 atom stereocenters. The molecule has 1 unspecified atom stereocenters. The highest BCUT2D eigenvalue weighted by Gasteiger charge is 2.36. The molecule has 2 aromatic rings. The van der Waals surface area contributed by atoms with E-state index in [0.29, 0.717) is 39.7 Å². The van der Waals surface area contributed by atoms with E-state index in [2.05, 4.69) is 10.6 Å². The fraction of sp³-hybridized carbons (Fsp3) is 0.292. The number of carbonyl (C=O) groups is 3. The lowest BCUT2D eigenvalue weighted by molar-refractivity contribution is -0.136. The second-order valence-electron chi connectivity index (χ2n) is 7.47. The third-order valence-electron chi connectivity index (χ3n) is 5.30. The van der Waals surface area contributed by atoms with Crippen LogP contribution < -0.4 is 10.6 Å². The summed E-state index contributed by atoms with van der Waals surface area (Å²) in [6.07, 6.45) is 1.73. The number of nitrogens with one attached hydrogen (secondary N) is 2. The number of allylic oxidation sites excluding steroid dienone is 1. The number of benzene rings is 2. The van der Waals surface area contributed by atoms with Gasteiger partial charge in [-0.25, -0.2) is 9.59 Å². The number of anilines is 1. The van der Waals surface area contributed by atoms with E-state index in [4.69, 9.17) is 16.3 Å². The SMILES string of the molecule is CCCCN1C(=O)NC(c2cccc(NC(=O)c3cccc(Cl)c3)c2)C(C(=O)OC)=C1C. The van der Waals surface area contributed by atoms with Crippen LogP contribution in [-0.4, -0.2) is 36.5 Å². The van der Waals surface area contributed by atoms with Crippen LogP contribution in [0.4, 0.5) is 10.5 Å². The largest absolute Gasteiger partial charge is 0.466 e. The molecular weight excluding hydrogens is 430 g/mol. The number of esters is 1. The number of ether oxygens (including phenoxy) is 1.